The number of rotatable bonds is 2. The van der Waals surface area contributed by atoms with Gasteiger partial charge in [0.1, 0.15) is 5.75 Å². The van der Waals surface area contributed by atoms with E-state index in [1.807, 2.05) is 0 Å². The summed E-state index contributed by atoms with van der Waals surface area (Å²) in [6.45, 7) is 0.289. The van der Waals surface area contributed by atoms with Gasteiger partial charge in [-0.3, -0.25) is 0 Å². The fourth-order valence-corrected chi connectivity index (χ4v) is 1.68. The second-order valence-corrected chi connectivity index (χ2v) is 3.74. The Labute approximate surface area is 113 Å². The van der Waals surface area contributed by atoms with Gasteiger partial charge in [-0.15, -0.1) is 25.6 Å². The van der Waals surface area contributed by atoms with Crippen molar-refractivity contribution < 1.29 is 27.4 Å². The molecule has 1 aliphatic heterocycles. The van der Waals surface area contributed by atoms with Gasteiger partial charge in [-0.05, 0) is 17.7 Å². The first-order valence-electron chi connectivity index (χ1n) is 5.23. The summed E-state index contributed by atoms with van der Waals surface area (Å²) in [4.78, 5) is 11.0. The summed E-state index contributed by atoms with van der Waals surface area (Å²) in [7, 11) is 0. The van der Waals surface area contributed by atoms with E-state index in [1.165, 1.54) is 24.3 Å². The highest BCUT2D eigenvalue weighted by molar-refractivity contribution is 5.85. The van der Waals surface area contributed by atoms with Crippen LogP contribution in [-0.4, -0.2) is 19.1 Å². The number of carbonyl (C=O) groups excluding carboxylic acids is 1. The number of carbonyl (C=O) groups is 1. The summed E-state index contributed by atoms with van der Waals surface area (Å²) < 4.78 is 44.3. The molecule has 0 aliphatic carbocycles. The predicted molar refractivity (Wildman–Crippen MR) is 62.2 cm³/mol. The number of cyclic esters (lactones) is 1. The lowest BCUT2D eigenvalue weighted by Crippen LogP contribution is -2.35. The van der Waals surface area contributed by atoms with E-state index in [0.717, 1.165) is 0 Å². The quantitative estimate of drug-likeness (QED) is 0.912. The SMILES string of the molecule is Cl.O=C1N[C@H](c2ccc(OC(F)(F)F)cc2)CCO1. The summed E-state index contributed by atoms with van der Waals surface area (Å²) in [6.07, 6.45) is -4.65. The van der Waals surface area contributed by atoms with Gasteiger partial charge >= 0.3 is 12.5 Å². The monoisotopic (exact) mass is 297 g/mol. The van der Waals surface area contributed by atoms with Crippen molar-refractivity contribution in [1.29, 1.82) is 0 Å². The van der Waals surface area contributed by atoms with Gasteiger partial charge in [-0.25, -0.2) is 4.79 Å². The van der Waals surface area contributed by atoms with E-state index in [-0.39, 0.29) is 30.8 Å². The zero-order valence-electron chi connectivity index (χ0n) is 9.57. The second-order valence-electron chi connectivity index (χ2n) is 3.74. The van der Waals surface area contributed by atoms with Crippen LogP contribution >= 0.6 is 12.4 Å². The summed E-state index contributed by atoms with van der Waals surface area (Å²) in [6, 6.07) is 5.15. The molecule has 1 aromatic carbocycles. The van der Waals surface area contributed by atoms with Crippen molar-refractivity contribution in [1.82, 2.24) is 5.32 Å². The maximum atomic E-state index is 12.0. The lowest BCUT2D eigenvalue weighted by molar-refractivity contribution is -0.274. The van der Waals surface area contributed by atoms with E-state index < -0.39 is 12.5 Å². The molecule has 19 heavy (non-hydrogen) atoms. The molecular weight excluding hydrogens is 287 g/mol. The number of halogens is 4. The van der Waals surface area contributed by atoms with E-state index in [9.17, 15) is 18.0 Å². The molecule has 1 heterocycles. The van der Waals surface area contributed by atoms with E-state index in [2.05, 4.69) is 10.1 Å². The lowest BCUT2D eigenvalue weighted by atomic mass is 10.0. The van der Waals surface area contributed by atoms with Crippen molar-refractivity contribution in [2.24, 2.45) is 0 Å². The summed E-state index contributed by atoms with van der Waals surface area (Å²) in [5, 5.41) is 2.58. The molecule has 0 saturated carbocycles. The average Bonchev–Trinajstić information content (AvgIpc) is 2.28. The third-order valence-corrected chi connectivity index (χ3v) is 2.45. The second kappa shape index (κ2) is 6.01. The van der Waals surface area contributed by atoms with Gasteiger partial charge in [-0.2, -0.15) is 0 Å². The average molecular weight is 298 g/mol. The molecule has 1 atom stereocenters. The zero-order valence-corrected chi connectivity index (χ0v) is 10.4. The van der Waals surface area contributed by atoms with Crippen LogP contribution < -0.4 is 10.1 Å². The van der Waals surface area contributed by atoms with Crippen molar-refractivity contribution in [3.8, 4) is 5.75 Å². The minimum atomic E-state index is -4.70. The van der Waals surface area contributed by atoms with Gasteiger partial charge in [0.25, 0.3) is 0 Å². The first-order valence-corrected chi connectivity index (χ1v) is 5.23. The van der Waals surface area contributed by atoms with Crippen molar-refractivity contribution >= 4 is 18.5 Å². The maximum absolute atomic E-state index is 12.0. The Kier molecular flexibility index (Phi) is 4.88. The van der Waals surface area contributed by atoms with Crippen LogP contribution in [0.1, 0.15) is 18.0 Å². The van der Waals surface area contributed by atoms with Gasteiger partial charge in [0.2, 0.25) is 0 Å². The molecule has 1 fully saturated rings. The normalized spacial score (nSPS) is 18.9. The van der Waals surface area contributed by atoms with Crippen LogP contribution in [0, 0.1) is 0 Å². The molecule has 8 heteroatoms. The van der Waals surface area contributed by atoms with Crippen LogP contribution in [-0.2, 0) is 4.74 Å². The fraction of sp³-hybridized carbons (Fsp3) is 0.364. The Hall–Kier alpha value is -1.63. The van der Waals surface area contributed by atoms with Crippen LogP contribution in [0.4, 0.5) is 18.0 Å². The number of alkyl halides is 3. The molecule has 0 bridgehead atoms. The van der Waals surface area contributed by atoms with Crippen molar-refractivity contribution in [2.45, 2.75) is 18.8 Å². The number of hydrogen-bond donors (Lipinski definition) is 1. The molecule has 2 rings (SSSR count). The molecule has 0 unspecified atom stereocenters. The molecule has 1 aromatic rings. The molecule has 106 valence electrons. The number of alkyl carbamates (subject to hydrolysis) is 1. The van der Waals surface area contributed by atoms with Gasteiger partial charge < -0.3 is 14.8 Å². The predicted octanol–water partition coefficient (Wildman–Crippen LogP) is 3.18. The molecule has 1 aliphatic rings. The van der Waals surface area contributed by atoms with Crippen LogP contribution in [0.5, 0.6) is 5.75 Å². The summed E-state index contributed by atoms with van der Waals surface area (Å²) in [5.74, 6) is -0.287. The number of benzene rings is 1. The highest BCUT2D eigenvalue weighted by Crippen LogP contribution is 2.26. The van der Waals surface area contributed by atoms with Crippen LogP contribution in [0.3, 0.4) is 0 Å². The van der Waals surface area contributed by atoms with E-state index in [1.54, 1.807) is 0 Å². The van der Waals surface area contributed by atoms with Crippen molar-refractivity contribution in [2.75, 3.05) is 6.61 Å². The van der Waals surface area contributed by atoms with Gasteiger partial charge in [0, 0.05) is 6.42 Å². The third kappa shape index (κ3) is 4.51. The zero-order chi connectivity index (χ0) is 13.2. The smallest absolute Gasteiger partial charge is 0.449 e. The molecule has 1 N–H and O–H groups in total. The molecular formula is C11H11ClF3NO3. The van der Waals surface area contributed by atoms with Crippen molar-refractivity contribution in [3.05, 3.63) is 29.8 Å². The number of nitrogens with one attached hydrogen (secondary N) is 1. The first kappa shape index (κ1) is 15.4. The van der Waals surface area contributed by atoms with Crippen LogP contribution in [0.15, 0.2) is 24.3 Å². The maximum Gasteiger partial charge on any atom is 0.573 e. The van der Waals surface area contributed by atoms with E-state index in [0.29, 0.717) is 12.0 Å². The van der Waals surface area contributed by atoms with Gasteiger partial charge in [0.05, 0.1) is 12.6 Å². The van der Waals surface area contributed by atoms with E-state index in [4.69, 9.17) is 4.74 Å². The summed E-state index contributed by atoms with van der Waals surface area (Å²) in [5.41, 5.74) is 0.709. The Morgan fingerprint density at radius 3 is 2.42 bits per heavy atom. The molecule has 1 saturated heterocycles. The lowest BCUT2D eigenvalue weighted by Gasteiger charge is -2.23. The van der Waals surface area contributed by atoms with Crippen LogP contribution in [0.25, 0.3) is 0 Å². The molecule has 0 radical (unpaired) electrons. The fourth-order valence-electron chi connectivity index (χ4n) is 1.68. The number of amides is 1. The number of hydrogen-bond acceptors (Lipinski definition) is 3. The van der Waals surface area contributed by atoms with E-state index >= 15 is 0 Å². The molecule has 4 nitrogen and oxygen atoms in total. The Morgan fingerprint density at radius 2 is 1.89 bits per heavy atom. The van der Waals surface area contributed by atoms with Crippen molar-refractivity contribution in [3.63, 3.8) is 0 Å². The minimum absolute atomic E-state index is 0. The molecule has 0 aromatic heterocycles. The largest absolute Gasteiger partial charge is 0.573 e. The highest BCUT2D eigenvalue weighted by atomic mass is 35.5. The Balaban J connectivity index is 0.00000180. The van der Waals surface area contributed by atoms with Crippen LogP contribution in [0.2, 0.25) is 0 Å². The molecule has 0 spiro atoms. The standard InChI is InChI=1S/C11H10F3NO3.ClH/c12-11(13,14)18-8-3-1-7(2-4-8)9-5-6-17-10(16)15-9;/h1-4,9H,5-6H2,(H,15,16);1H/t9-;/m0./s1. The molecule has 1 amide bonds. The highest BCUT2D eigenvalue weighted by Gasteiger charge is 2.31. The van der Waals surface area contributed by atoms with Gasteiger partial charge in [0.15, 0.2) is 0 Å². The Morgan fingerprint density at radius 1 is 1.26 bits per heavy atom. The summed E-state index contributed by atoms with van der Waals surface area (Å²) >= 11 is 0. The Bertz CT molecular complexity index is 436. The first-order chi connectivity index (χ1) is 8.44. The number of ether oxygens (including phenoxy) is 2. The minimum Gasteiger partial charge on any atom is -0.449 e. The topological polar surface area (TPSA) is 47.6 Å². The third-order valence-electron chi connectivity index (χ3n) is 2.45. The van der Waals surface area contributed by atoms with Gasteiger partial charge in [-0.1, -0.05) is 12.1 Å².